The Hall–Kier alpha value is -3.13. The maximum absolute atomic E-state index is 6.51. The molecule has 0 N–H and O–H groups in total. The molecule has 0 amide bonds. The average Bonchev–Trinajstić information content (AvgIpc) is 3.00. The van der Waals surface area contributed by atoms with Gasteiger partial charge in [-0.2, -0.15) is 0 Å². The van der Waals surface area contributed by atoms with E-state index >= 15 is 0 Å². The van der Waals surface area contributed by atoms with Gasteiger partial charge in [-0.15, -0.1) is 0 Å². The first-order valence-corrected chi connectivity index (χ1v) is 16.6. The van der Waals surface area contributed by atoms with E-state index in [1.165, 1.54) is 44.5 Å². The van der Waals surface area contributed by atoms with Gasteiger partial charge in [0.05, 0.1) is 0 Å². The maximum Gasteiger partial charge on any atom is 0.188 e. The van der Waals surface area contributed by atoms with Gasteiger partial charge in [-0.3, -0.25) is 0 Å². The molecule has 0 radical (unpaired) electrons. The zero-order valence-corrected chi connectivity index (χ0v) is 28.5. The Kier molecular flexibility index (Phi) is 11.1. The van der Waals surface area contributed by atoms with Gasteiger partial charge in [0.25, 0.3) is 0 Å². The number of nitrogens with zero attached hydrogens (tertiary/aromatic N) is 1. The Balaban J connectivity index is 1.88. The highest BCUT2D eigenvalue weighted by Crippen LogP contribution is 2.53. The van der Waals surface area contributed by atoms with Crippen molar-refractivity contribution in [3.8, 4) is 5.75 Å². The lowest BCUT2D eigenvalue weighted by molar-refractivity contribution is 0.0485. The molecule has 0 aliphatic heterocycles. The molecule has 0 saturated carbocycles. The number of para-hydroxylation sites is 2. The summed E-state index contributed by atoms with van der Waals surface area (Å²) in [6.45, 7) is 17.1. The highest BCUT2D eigenvalue weighted by atomic mass is 31.1. The van der Waals surface area contributed by atoms with Crippen LogP contribution in [0.4, 0.5) is 11.4 Å². The van der Waals surface area contributed by atoms with Crippen LogP contribution in [0.3, 0.4) is 0 Å². The second kappa shape index (κ2) is 14.6. The van der Waals surface area contributed by atoms with Crippen LogP contribution in [0.1, 0.15) is 81.7 Å². The highest BCUT2D eigenvalue weighted by Gasteiger charge is 2.37. The molecule has 4 aromatic carbocycles. The first-order chi connectivity index (χ1) is 20.6. The summed E-state index contributed by atoms with van der Waals surface area (Å²) in [7, 11) is 2.30. The summed E-state index contributed by atoms with van der Waals surface area (Å²) >= 11 is 0. The zero-order valence-electron chi connectivity index (χ0n) is 27.5. The molecule has 0 bridgehead atoms. The van der Waals surface area contributed by atoms with Crippen molar-refractivity contribution in [2.45, 2.75) is 84.8 Å². The van der Waals surface area contributed by atoms with Gasteiger partial charge in [0.1, 0.15) is 5.75 Å². The van der Waals surface area contributed by atoms with E-state index in [1.54, 1.807) is 7.11 Å². The molecule has 0 fully saturated rings. The first kappa shape index (κ1) is 32.8. The number of benzene rings is 4. The summed E-state index contributed by atoms with van der Waals surface area (Å²) in [5.41, 5.74) is 8.94. The third-order valence-corrected chi connectivity index (χ3v) is 10.7. The number of ether oxygens (including phenoxy) is 2. The second-order valence-corrected chi connectivity index (χ2v) is 14.4. The number of hydrogen-bond donors (Lipinski definition) is 0. The molecule has 0 aliphatic rings. The molecule has 0 aromatic heterocycles. The van der Waals surface area contributed by atoms with Crippen LogP contribution in [0.15, 0.2) is 91.0 Å². The number of hydrogen-bond acceptors (Lipinski definition) is 3. The molecule has 4 aromatic rings. The normalized spacial score (nSPS) is 13.3. The third-order valence-electron chi connectivity index (χ3n) is 8.35. The monoisotopic (exact) mass is 595 g/mol. The largest absolute Gasteiger partial charge is 0.467 e. The van der Waals surface area contributed by atoms with E-state index in [1.807, 2.05) is 0 Å². The smallest absolute Gasteiger partial charge is 0.188 e. The lowest BCUT2D eigenvalue weighted by atomic mass is 9.80. The Labute approximate surface area is 262 Å². The molecule has 0 saturated heterocycles. The summed E-state index contributed by atoms with van der Waals surface area (Å²) in [4.78, 5) is 2.44. The Morgan fingerprint density at radius 1 is 0.767 bits per heavy atom. The summed E-state index contributed by atoms with van der Waals surface area (Å²) in [5, 5.41) is 1.40. The lowest BCUT2D eigenvalue weighted by Crippen LogP contribution is -2.29. The Morgan fingerprint density at radius 2 is 1.37 bits per heavy atom. The van der Waals surface area contributed by atoms with E-state index in [0.717, 1.165) is 31.6 Å². The van der Waals surface area contributed by atoms with Crippen molar-refractivity contribution < 1.29 is 9.47 Å². The van der Waals surface area contributed by atoms with E-state index < -0.39 is 0 Å². The van der Waals surface area contributed by atoms with Crippen LogP contribution in [0.25, 0.3) is 0 Å². The number of aryl methyl sites for hydroxylation is 2. The predicted molar refractivity (Wildman–Crippen MR) is 187 cm³/mol. The lowest BCUT2D eigenvalue weighted by Gasteiger charge is -2.38. The molecular formula is C39H50NO2P. The molecule has 0 spiro atoms. The molecular weight excluding hydrogens is 545 g/mol. The summed E-state index contributed by atoms with van der Waals surface area (Å²) < 4.78 is 12.0. The minimum atomic E-state index is -0.0605. The second-order valence-electron chi connectivity index (χ2n) is 12.7. The van der Waals surface area contributed by atoms with Gasteiger partial charge in [0.2, 0.25) is 0 Å². The van der Waals surface area contributed by atoms with Crippen LogP contribution in [0, 0.1) is 13.8 Å². The van der Waals surface area contributed by atoms with E-state index in [0.29, 0.717) is 8.58 Å². The van der Waals surface area contributed by atoms with Crippen molar-refractivity contribution in [1.82, 2.24) is 0 Å². The fraction of sp³-hybridized carbons (Fsp3) is 0.385. The first-order valence-electron chi connectivity index (χ1n) is 15.6. The van der Waals surface area contributed by atoms with Crippen LogP contribution < -0.4 is 14.9 Å². The SMILES string of the molecule is CCCC(CC)(Pc1c(C)cccc1CN(c1ccccc1)c1ccccc1)c1cc(C)cc(C(C)(C)C)c1OCOC. The van der Waals surface area contributed by atoms with Crippen molar-refractivity contribution in [3.63, 3.8) is 0 Å². The van der Waals surface area contributed by atoms with Gasteiger partial charge in [-0.25, -0.2) is 0 Å². The quantitative estimate of drug-likeness (QED) is 0.113. The predicted octanol–water partition coefficient (Wildman–Crippen LogP) is 10.3. The minimum Gasteiger partial charge on any atom is -0.467 e. The van der Waals surface area contributed by atoms with Crippen LogP contribution in [0.5, 0.6) is 5.75 Å². The van der Waals surface area contributed by atoms with Crippen LogP contribution >= 0.6 is 8.58 Å². The van der Waals surface area contributed by atoms with Gasteiger partial charge in [0, 0.05) is 41.3 Å². The van der Waals surface area contributed by atoms with E-state index in [9.17, 15) is 0 Å². The molecule has 4 rings (SSSR count). The standard InChI is InChI=1S/C39H50NO2P/c1-9-24-39(10-2,35-26-29(3)25-34(38(5,6)7)36(35)42-28-41-8)43-37-30(4)18-17-19-31(37)27-40(32-20-13-11-14-21-32)33-22-15-12-16-23-33/h11-23,25-26,43H,9-10,24,27-28H2,1-8H3. The molecule has 0 heterocycles. The molecule has 2 atom stereocenters. The molecule has 43 heavy (non-hydrogen) atoms. The van der Waals surface area contributed by atoms with Gasteiger partial charge >= 0.3 is 0 Å². The van der Waals surface area contributed by atoms with E-state index in [4.69, 9.17) is 9.47 Å². The Morgan fingerprint density at radius 3 is 1.91 bits per heavy atom. The van der Waals surface area contributed by atoms with Crippen molar-refractivity contribution in [2.75, 3.05) is 18.8 Å². The Bertz CT molecular complexity index is 1420. The fourth-order valence-corrected chi connectivity index (χ4v) is 8.06. The number of anilines is 2. The van der Waals surface area contributed by atoms with Crippen molar-refractivity contribution >= 4 is 25.3 Å². The van der Waals surface area contributed by atoms with E-state index in [-0.39, 0.29) is 17.4 Å². The molecule has 228 valence electrons. The summed E-state index contributed by atoms with van der Waals surface area (Å²) in [5.74, 6) is 1.01. The average molecular weight is 596 g/mol. The number of rotatable bonds is 13. The van der Waals surface area contributed by atoms with Gasteiger partial charge in [-0.1, -0.05) is 122 Å². The van der Waals surface area contributed by atoms with E-state index in [2.05, 4.69) is 144 Å². The molecule has 3 nitrogen and oxygen atoms in total. The summed E-state index contributed by atoms with van der Waals surface area (Å²) in [6.07, 6.45) is 3.22. The van der Waals surface area contributed by atoms with Crippen LogP contribution in [0.2, 0.25) is 0 Å². The molecule has 2 unspecified atom stereocenters. The maximum atomic E-state index is 6.51. The van der Waals surface area contributed by atoms with Crippen molar-refractivity contribution in [1.29, 1.82) is 0 Å². The minimum absolute atomic E-state index is 0.0572. The number of methoxy groups -OCH3 is 1. The summed E-state index contributed by atoms with van der Waals surface area (Å²) in [6, 6.07) is 33.0. The molecule has 4 heteroatoms. The van der Waals surface area contributed by atoms with Gasteiger partial charge < -0.3 is 14.4 Å². The molecule has 0 aliphatic carbocycles. The highest BCUT2D eigenvalue weighted by molar-refractivity contribution is 7.48. The van der Waals surface area contributed by atoms with Crippen molar-refractivity contribution in [3.05, 3.63) is 119 Å². The topological polar surface area (TPSA) is 21.7 Å². The van der Waals surface area contributed by atoms with Gasteiger partial charge in [0.15, 0.2) is 6.79 Å². The van der Waals surface area contributed by atoms with Crippen LogP contribution in [-0.2, 0) is 21.9 Å². The zero-order chi connectivity index (χ0) is 31.0. The third kappa shape index (κ3) is 7.69. The van der Waals surface area contributed by atoms with Crippen molar-refractivity contribution in [2.24, 2.45) is 0 Å². The van der Waals surface area contributed by atoms with Gasteiger partial charge in [-0.05, 0) is 72.8 Å². The van der Waals surface area contributed by atoms with Crippen LogP contribution in [-0.4, -0.2) is 13.9 Å². The fourth-order valence-electron chi connectivity index (χ4n) is 6.10.